The van der Waals surface area contributed by atoms with Crippen molar-refractivity contribution in [3.8, 4) is 0 Å². The van der Waals surface area contributed by atoms with Crippen LogP contribution in [0, 0.1) is 11.8 Å². The van der Waals surface area contributed by atoms with Gasteiger partial charge in [0.1, 0.15) is 0 Å². The van der Waals surface area contributed by atoms with Crippen LogP contribution >= 0.6 is 19.8 Å². The number of carbonyl (C=O) groups is 2. The summed E-state index contributed by atoms with van der Waals surface area (Å²) in [6.45, 7) is 7.89. The zero-order valence-corrected chi connectivity index (χ0v) is 19.0. The maximum absolute atomic E-state index is 10.3. The van der Waals surface area contributed by atoms with Crippen LogP contribution in [0.4, 0.5) is 0 Å². The molecule has 0 aromatic heterocycles. The second kappa shape index (κ2) is 24.5. The van der Waals surface area contributed by atoms with Crippen LogP contribution in [0.2, 0.25) is 0 Å². The van der Waals surface area contributed by atoms with Gasteiger partial charge in [0, 0.05) is 11.9 Å². The third kappa shape index (κ3) is 22.3. The Kier molecular flexibility index (Phi) is 36.9. The Balaban J connectivity index is -0.0000000831. The Bertz CT molecular complexity index is 240. The number of hydrogen-bond acceptors (Lipinski definition) is 4. The van der Waals surface area contributed by atoms with Crippen LogP contribution in [0.15, 0.2) is 0 Å². The maximum atomic E-state index is 10.3. The fourth-order valence-electron chi connectivity index (χ4n) is 1.88. The molecule has 0 heterocycles. The number of unbranched alkanes of at least 4 members (excludes halogenated alkanes) is 2. The maximum Gasteiger partial charge on any atom is 2.00 e. The first kappa shape index (κ1) is 34.6. The number of carboxylic acid groups (broad SMARTS) is 2. The van der Waals surface area contributed by atoms with Crippen LogP contribution in [0.3, 0.4) is 0 Å². The first-order chi connectivity index (χ1) is 9.44. The van der Waals surface area contributed by atoms with E-state index in [-0.39, 0.29) is 48.1 Å². The molecule has 4 nitrogen and oxygen atoms in total. The smallest absolute Gasteiger partial charge is 0.550 e. The zero-order valence-electron chi connectivity index (χ0n) is 15.2. The van der Waals surface area contributed by atoms with Crippen molar-refractivity contribution in [2.45, 2.75) is 79.1 Å². The van der Waals surface area contributed by atoms with Crippen LogP contribution in [0.25, 0.3) is 0 Å². The molecule has 0 radical (unpaired) electrons. The summed E-state index contributed by atoms with van der Waals surface area (Å²) in [5, 5.41) is 20.7. The molecule has 23 heavy (non-hydrogen) atoms. The second-order valence-corrected chi connectivity index (χ2v) is 5.13. The Morgan fingerprint density at radius 2 is 1.00 bits per heavy atom. The van der Waals surface area contributed by atoms with Gasteiger partial charge in [-0.05, 0) is 37.5 Å². The molecule has 0 spiro atoms. The van der Waals surface area contributed by atoms with Crippen LogP contribution in [-0.2, 0) is 26.1 Å². The molecule has 0 aliphatic carbocycles. The monoisotopic (exact) mass is 412 g/mol. The van der Waals surface area contributed by atoms with E-state index < -0.39 is 11.9 Å². The summed E-state index contributed by atoms with van der Waals surface area (Å²) in [5.74, 6) is -2.23. The minimum atomic E-state index is -0.893. The molecule has 0 N–H and O–H groups in total. The Morgan fingerprint density at radius 3 is 1.13 bits per heavy atom. The molecule has 7 heteroatoms. The van der Waals surface area contributed by atoms with Gasteiger partial charge in [-0.2, -0.15) is 19.8 Å². The molecule has 0 bridgehead atoms. The molecule has 0 saturated heterocycles. The Hall–Kier alpha value is 0.294. The van der Waals surface area contributed by atoms with E-state index in [1.165, 1.54) is 0 Å². The number of aliphatic carboxylic acids is 2. The summed E-state index contributed by atoms with van der Waals surface area (Å²) < 4.78 is 0. The van der Waals surface area contributed by atoms with Gasteiger partial charge in [0.05, 0.1) is 0 Å². The summed E-state index contributed by atoms with van der Waals surface area (Å²) in [6.07, 6.45) is 7.04. The SMILES string of the molecule is CCCCC(CC)C(=O)[O-].CCCCC(CC)C(=O)[O-].P.P.[Ni+2]. The fourth-order valence-corrected chi connectivity index (χ4v) is 1.88. The normalized spacial score (nSPS) is 11.3. The van der Waals surface area contributed by atoms with Gasteiger partial charge in [-0.1, -0.05) is 53.4 Å². The summed E-state index contributed by atoms with van der Waals surface area (Å²) in [5.41, 5.74) is 0. The molecule has 0 aliphatic rings. The van der Waals surface area contributed by atoms with Crippen LogP contribution in [-0.4, -0.2) is 11.9 Å². The summed E-state index contributed by atoms with van der Waals surface area (Å²) >= 11 is 0. The van der Waals surface area contributed by atoms with E-state index in [4.69, 9.17) is 0 Å². The van der Waals surface area contributed by atoms with Crippen molar-refractivity contribution in [2.24, 2.45) is 11.8 Å². The molecule has 0 aliphatic heterocycles. The summed E-state index contributed by atoms with van der Waals surface area (Å²) in [4.78, 5) is 20.7. The third-order valence-corrected chi connectivity index (χ3v) is 3.46. The van der Waals surface area contributed by atoms with Gasteiger partial charge in [-0.25, -0.2) is 0 Å². The average molecular weight is 413 g/mol. The van der Waals surface area contributed by atoms with Gasteiger partial charge in [0.25, 0.3) is 0 Å². The minimum Gasteiger partial charge on any atom is -0.550 e. The van der Waals surface area contributed by atoms with Gasteiger partial charge < -0.3 is 19.8 Å². The van der Waals surface area contributed by atoms with E-state index in [0.717, 1.165) is 38.5 Å². The molecule has 0 rings (SSSR count). The largest absolute Gasteiger partial charge is 2.00 e. The number of carbonyl (C=O) groups excluding carboxylic acids is 2. The van der Waals surface area contributed by atoms with Crippen LogP contribution in [0.5, 0.6) is 0 Å². The molecule has 0 aromatic rings. The molecule has 4 atom stereocenters. The van der Waals surface area contributed by atoms with E-state index in [1.807, 2.05) is 13.8 Å². The van der Waals surface area contributed by atoms with E-state index in [9.17, 15) is 19.8 Å². The van der Waals surface area contributed by atoms with Crippen molar-refractivity contribution < 1.29 is 36.3 Å². The third-order valence-electron chi connectivity index (χ3n) is 3.46. The molecule has 4 unspecified atom stereocenters. The number of rotatable bonds is 10. The average Bonchev–Trinajstić information content (AvgIpc) is 2.40. The van der Waals surface area contributed by atoms with Gasteiger partial charge in [0.15, 0.2) is 0 Å². The fraction of sp³-hybridized carbons (Fsp3) is 0.875. The van der Waals surface area contributed by atoms with E-state index in [0.29, 0.717) is 12.8 Å². The van der Waals surface area contributed by atoms with Gasteiger partial charge in [-0.3, -0.25) is 0 Å². The predicted molar refractivity (Wildman–Crippen MR) is 98.8 cm³/mol. The molecule has 0 aromatic carbocycles. The summed E-state index contributed by atoms with van der Waals surface area (Å²) in [7, 11) is 0. The van der Waals surface area contributed by atoms with Crippen molar-refractivity contribution in [3.63, 3.8) is 0 Å². The quantitative estimate of drug-likeness (QED) is 0.406. The van der Waals surface area contributed by atoms with E-state index >= 15 is 0 Å². The van der Waals surface area contributed by atoms with Crippen molar-refractivity contribution in [3.05, 3.63) is 0 Å². The Labute approximate surface area is 159 Å². The standard InChI is InChI=1S/2C8H16O2.Ni.2H3P/c2*1-3-5-6-7(4-2)8(9)10;;;/h2*7H,3-6H2,1-2H3,(H,9,10);;2*1H3/q;;+2;;/p-2. The molecule has 0 amide bonds. The van der Waals surface area contributed by atoms with Gasteiger partial charge in [-0.15, -0.1) is 0 Å². The van der Waals surface area contributed by atoms with Crippen molar-refractivity contribution in [1.29, 1.82) is 0 Å². The van der Waals surface area contributed by atoms with Crippen LogP contribution < -0.4 is 10.2 Å². The van der Waals surface area contributed by atoms with E-state index in [1.54, 1.807) is 0 Å². The second-order valence-electron chi connectivity index (χ2n) is 5.13. The topological polar surface area (TPSA) is 80.3 Å². The molecule has 144 valence electrons. The van der Waals surface area contributed by atoms with Crippen molar-refractivity contribution >= 4 is 31.7 Å². The van der Waals surface area contributed by atoms with Crippen LogP contribution in [0.1, 0.15) is 79.1 Å². The van der Waals surface area contributed by atoms with Crippen molar-refractivity contribution in [2.75, 3.05) is 0 Å². The first-order valence-corrected chi connectivity index (χ1v) is 7.86. The first-order valence-electron chi connectivity index (χ1n) is 7.86. The molecular formula is C16H36NiO4P2. The number of hydrogen-bond donors (Lipinski definition) is 0. The Morgan fingerprint density at radius 1 is 0.739 bits per heavy atom. The minimum absolute atomic E-state index is 0. The zero-order chi connectivity index (χ0) is 16.0. The molecule has 0 fully saturated rings. The van der Waals surface area contributed by atoms with Gasteiger partial charge in [0.2, 0.25) is 0 Å². The molecule has 0 saturated carbocycles. The van der Waals surface area contributed by atoms with E-state index in [2.05, 4.69) is 13.8 Å². The van der Waals surface area contributed by atoms with Gasteiger partial charge >= 0.3 is 16.5 Å². The summed E-state index contributed by atoms with van der Waals surface area (Å²) in [6, 6.07) is 0. The number of carboxylic acids is 2. The van der Waals surface area contributed by atoms with Crippen molar-refractivity contribution in [1.82, 2.24) is 0 Å². The molecular weight excluding hydrogens is 377 g/mol. The predicted octanol–water partition coefficient (Wildman–Crippen LogP) is 2.02.